The lowest BCUT2D eigenvalue weighted by Gasteiger charge is -2.39. The van der Waals surface area contributed by atoms with Gasteiger partial charge in [0, 0.05) is 44.2 Å². The monoisotopic (exact) mass is 815 g/mol. The lowest BCUT2D eigenvalue weighted by molar-refractivity contribution is 0.437. The fraction of sp³-hybridized carbons (Fsp3) is 0.0167. The zero-order chi connectivity index (χ0) is 42.2. The molecule has 0 saturated heterocycles. The molecule has 298 valence electrons. The Morgan fingerprint density at radius 1 is 0.312 bits per heavy atom. The van der Waals surface area contributed by atoms with Crippen LogP contribution in [-0.2, 0) is 5.41 Å². The zero-order valence-corrected chi connectivity index (χ0v) is 34.6. The minimum Gasteiger partial charge on any atom is -0.457 e. The van der Waals surface area contributed by atoms with E-state index in [1.54, 1.807) is 0 Å². The summed E-state index contributed by atoms with van der Waals surface area (Å²) in [5.74, 6) is 2.43. The van der Waals surface area contributed by atoms with Crippen LogP contribution in [0.15, 0.2) is 224 Å². The van der Waals surface area contributed by atoms with Gasteiger partial charge in [-0.15, -0.1) is 0 Å². The van der Waals surface area contributed by atoms with Crippen LogP contribution in [0.2, 0.25) is 0 Å². The quantitative estimate of drug-likeness (QED) is 0.162. The molecule has 1 aliphatic carbocycles. The average molecular weight is 816 g/mol. The van der Waals surface area contributed by atoms with Crippen LogP contribution in [0.5, 0.6) is 11.5 Å². The molecule has 0 bridgehead atoms. The van der Waals surface area contributed by atoms with Gasteiger partial charge in [0.15, 0.2) is 5.82 Å². The molecule has 4 nitrogen and oxygen atoms in total. The second-order valence-corrected chi connectivity index (χ2v) is 16.7. The summed E-state index contributed by atoms with van der Waals surface area (Å²) in [5.41, 5.74) is 16.7. The van der Waals surface area contributed by atoms with E-state index >= 15 is 0 Å². The van der Waals surface area contributed by atoms with Crippen LogP contribution in [0.1, 0.15) is 22.3 Å². The number of hydrogen-bond acceptors (Lipinski definition) is 4. The second-order valence-electron chi connectivity index (χ2n) is 16.7. The maximum absolute atomic E-state index is 6.95. The zero-order valence-electron chi connectivity index (χ0n) is 34.6. The van der Waals surface area contributed by atoms with E-state index in [1.165, 1.54) is 22.3 Å². The van der Waals surface area contributed by atoms with Crippen molar-refractivity contribution in [2.45, 2.75) is 5.41 Å². The van der Waals surface area contributed by atoms with Gasteiger partial charge in [-0.1, -0.05) is 194 Å². The first-order valence-corrected chi connectivity index (χ1v) is 21.8. The number of benzene rings is 9. The van der Waals surface area contributed by atoms with Crippen LogP contribution in [0.3, 0.4) is 0 Å². The molecule has 0 radical (unpaired) electrons. The van der Waals surface area contributed by atoms with E-state index in [1.807, 2.05) is 36.4 Å². The minimum absolute atomic E-state index is 0.566. The van der Waals surface area contributed by atoms with Gasteiger partial charge in [0.05, 0.1) is 28.0 Å². The molecule has 3 heterocycles. The molecule has 0 unspecified atom stereocenters. The second kappa shape index (κ2) is 14.3. The molecule has 2 aliphatic rings. The normalized spacial score (nSPS) is 12.9. The van der Waals surface area contributed by atoms with Crippen molar-refractivity contribution < 1.29 is 4.74 Å². The molecule has 64 heavy (non-hydrogen) atoms. The highest BCUT2D eigenvalue weighted by molar-refractivity contribution is 6.13. The molecule has 13 rings (SSSR count). The van der Waals surface area contributed by atoms with Gasteiger partial charge in [0.1, 0.15) is 11.5 Å². The summed E-state index contributed by atoms with van der Waals surface area (Å²) in [6, 6.07) is 79.5. The smallest absolute Gasteiger partial charge is 0.160 e. The van der Waals surface area contributed by atoms with Crippen LogP contribution >= 0.6 is 0 Å². The Morgan fingerprint density at radius 2 is 0.844 bits per heavy atom. The van der Waals surface area contributed by atoms with E-state index in [2.05, 4.69) is 188 Å². The minimum atomic E-state index is -0.566. The molecule has 0 atom stereocenters. The standard InChI is InChI=1S/C60H37N3O/c1-4-16-39(17-5-1)53-37-54(63-59(62-53)42-20-8-3-9-21-42)40-30-28-38(29-31-40)43-32-33-46-47-35-52-57(36-48(47)58(61-55(46)34-43)41-18-6-2-7-19-41)64-56-27-15-14-26-51(56)60(52)49-24-12-10-22-44(49)45-23-11-13-25-50(45)60/h1-37H. The SMILES string of the molecule is c1ccc(-c2cc(-c3ccc(-c4ccc5c(c4)nc(-c4ccccc4)c4cc6c(cc45)C4(c5ccccc5O6)c5ccccc5-c5ccccc54)cc3)nc(-c3ccccc3)n2)cc1. The summed E-state index contributed by atoms with van der Waals surface area (Å²) in [7, 11) is 0. The number of hydrogen-bond donors (Lipinski definition) is 0. The summed E-state index contributed by atoms with van der Waals surface area (Å²) in [4.78, 5) is 15.6. The Bertz CT molecular complexity index is 3520. The first-order chi connectivity index (χ1) is 31.7. The van der Waals surface area contributed by atoms with Gasteiger partial charge in [-0.3, -0.25) is 0 Å². The highest BCUT2D eigenvalue weighted by Crippen LogP contribution is 2.62. The Hall–Kier alpha value is -8.47. The Labute approximate surface area is 370 Å². The molecule has 0 saturated carbocycles. The maximum atomic E-state index is 6.95. The van der Waals surface area contributed by atoms with Gasteiger partial charge < -0.3 is 4.74 Å². The van der Waals surface area contributed by atoms with E-state index < -0.39 is 5.41 Å². The number of fused-ring (bicyclic) bond motifs is 12. The molecular formula is C60H37N3O. The Kier molecular flexibility index (Phi) is 8.09. The van der Waals surface area contributed by atoms with Crippen molar-refractivity contribution >= 4 is 21.7 Å². The first kappa shape index (κ1) is 36.2. The van der Waals surface area contributed by atoms with Gasteiger partial charge in [0.25, 0.3) is 0 Å². The third kappa shape index (κ3) is 5.52. The highest BCUT2D eigenvalue weighted by Gasteiger charge is 2.51. The summed E-state index contributed by atoms with van der Waals surface area (Å²) in [6.45, 7) is 0. The topological polar surface area (TPSA) is 47.9 Å². The molecule has 0 N–H and O–H groups in total. The maximum Gasteiger partial charge on any atom is 0.160 e. The van der Waals surface area contributed by atoms with Crippen molar-refractivity contribution in [1.82, 2.24) is 15.0 Å². The van der Waals surface area contributed by atoms with Crippen LogP contribution in [-0.4, -0.2) is 15.0 Å². The van der Waals surface area contributed by atoms with Crippen molar-refractivity contribution in [2.75, 3.05) is 0 Å². The molecule has 1 spiro atoms. The van der Waals surface area contributed by atoms with Crippen LogP contribution in [0.4, 0.5) is 0 Å². The van der Waals surface area contributed by atoms with Gasteiger partial charge in [-0.25, -0.2) is 15.0 Å². The highest BCUT2D eigenvalue weighted by atomic mass is 16.5. The fourth-order valence-corrected chi connectivity index (χ4v) is 10.3. The molecular weight excluding hydrogens is 779 g/mol. The number of para-hydroxylation sites is 1. The molecule has 4 heteroatoms. The number of nitrogens with zero attached hydrogens (tertiary/aromatic N) is 3. The molecule has 0 fully saturated rings. The molecule has 2 aromatic heterocycles. The summed E-state index contributed by atoms with van der Waals surface area (Å²) < 4.78 is 6.95. The Morgan fingerprint density at radius 3 is 1.52 bits per heavy atom. The van der Waals surface area contributed by atoms with Gasteiger partial charge in [-0.2, -0.15) is 0 Å². The third-order valence-corrected chi connectivity index (χ3v) is 13.2. The average Bonchev–Trinajstić information content (AvgIpc) is 3.66. The van der Waals surface area contributed by atoms with E-state index in [-0.39, 0.29) is 0 Å². The van der Waals surface area contributed by atoms with E-state index in [0.717, 1.165) is 94.8 Å². The Balaban J connectivity index is 0.982. The predicted molar refractivity (Wildman–Crippen MR) is 259 cm³/mol. The summed E-state index contributed by atoms with van der Waals surface area (Å²) >= 11 is 0. The largest absolute Gasteiger partial charge is 0.457 e. The number of aromatic nitrogens is 3. The molecule has 0 amide bonds. The van der Waals surface area contributed by atoms with Gasteiger partial charge in [0.2, 0.25) is 0 Å². The third-order valence-electron chi connectivity index (χ3n) is 13.2. The fourth-order valence-electron chi connectivity index (χ4n) is 10.3. The van der Waals surface area contributed by atoms with E-state index in [0.29, 0.717) is 5.82 Å². The van der Waals surface area contributed by atoms with Gasteiger partial charge in [-0.05, 0) is 69.1 Å². The molecule has 9 aromatic carbocycles. The van der Waals surface area contributed by atoms with Crippen LogP contribution < -0.4 is 4.74 Å². The van der Waals surface area contributed by atoms with Crippen molar-refractivity contribution in [3.8, 4) is 78.9 Å². The number of pyridine rings is 1. The molecule has 1 aliphatic heterocycles. The lowest BCUT2D eigenvalue weighted by atomic mass is 9.65. The van der Waals surface area contributed by atoms with Gasteiger partial charge >= 0.3 is 0 Å². The lowest BCUT2D eigenvalue weighted by Crippen LogP contribution is -2.32. The number of rotatable bonds is 5. The van der Waals surface area contributed by atoms with Crippen molar-refractivity contribution in [2.24, 2.45) is 0 Å². The van der Waals surface area contributed by atoms with E-state index in [9.17, 15) is 0 Å². The van der Waals surface area contributed by atoms with Crippen molar-refractivity contribution in [3.05, 3.63) is 247 Å². The first-order valence-electron chi connectivity index (χ1n) is 21.8. The summed E-state index contributed by atoms with van der Waals surface area (Å²) in [6.07, 6.45) is 0. The summed E-state index contributed by atoms with van der Waals surface area (Å²) in [5, 5.41) is 3.29. The predicted octanol–water partition coefficient (Wildman–Crippen LogP) is 15.0. The van der Waals surface area contributed by atoms with Crippen molar-refractivity contribution in [1.29, 1.82) is 0 Å². The van der Waals surface area contributed by atoms with E-state index in [4.69, 9.17) is 19.7 Å². The molecule has 11 aromatic rings. The van der Waals surface area contributed by atoms with Crippen LogP contribution in [0.25, 0.3) is 89.1 Å². The van der Waals surface area contributed by atoms with Crippen molar-refractivity contribution in [3.63, 3.8) is 0 Å². The number of ether oxygens (including phenoxy) is 1. The van der Waals surface area contributed by atoms with Crippen LogP contribution in [0, 0.1) is 0 Å².